The van der Waals surface area contributed by atoms with E-state index in [1.165, 1.54) is 50.0 Å². The van der Waals surface area contributed by atoms with Crippen LogP contribution in [0.3, 0.4) is 0 Å². The second-order valence-electron chi connectivity index (χ2n) is 6.57. The van der Waals surface area contributed by atoms with E-state index in [2.05, 4.69) is 42.3 Å². The summed E-state index contributed by atoms with van der Waals surface area (Å²) in [7, 11) is 0. The fraction of sp³-hybridized carbons (Fsp3) is 0.667. The molecule has 1 aromatic carbocycles. The van der Waals surface area contributed by atoms with E-state index < -0.39 is 0 Å². The van der Waals surface area contributed by atoms with Gasteiger partial charge in [-0.05, 0) is 69.3 Å². The normalized spacial score (nSPS) is 22.8. The van der Waals surface area contributed by atoms with Crippen LogP contribution in [0.25, 0.3) is 0 Å². The molecule has 1 saturated heterocycles. The molecule has 3 rings (SSSR count). The van der Waals surface area contributed by atoms with Gasteiger partial charge in [0.15, 0.2) is 0 Å². The van der Waals surface area contributed by atoms with Crippen LogP contribution in [0.4, 0.5) is 5.69 Å². The van der Waals surface area contributed by atoms with Crippen molar-refractivity contribution in [3.8, 4) is 5.75 Å². The maximum Gasteiger partial charge on any atom is 0.143 e. The van der Waals surface area contributed by atoms with Gasteiger partial charge in [-0.15, -0.1) is 0 Å². The number of hydrogen-bond acceptors (Lipinski definition) is 3. The van der Waals surface area contributed by atoms with Gasteiger partial charge in [-0.3, -0.25) is 0 Å². The molecule has 116 valence electrons. The first-order valence-electron chi connectivity index (χ1n) is 8.51. The second-order valence-corrected chi connectivity index (χ2v) is 6.57. The van der Waals surface area contributed by atoms with Gasteiger partial charge in [0.2, 0.25) is 0 Å². The smallest absolute Gasteiger partial charge is 0.143 e. The molecule has 1 fully saturated rings. The minimum absolute atomic E-state index is 0.291. The van der Waals surface area contributed by atoms with Gasteiger partial charge in [0, 0.05) is 6.54 Å². The molecule has 0 spiro atoms. The van der Waals surface area contributed by atoms with E-state index in [1.807, 2.05) is 0 Å². The lowest BCUT2D eigenvalue weighted by Crippen LogP contribution is -2.38. The molecule has 0 aromatic heterocycles. The van der Waals surface area contributed by atoms with Crippen LogP contribution in [-0.4, -0.2) is 32.3 Å². The van der Waals surface area contributed by atoms with Crippen molar-refractivity contribution in [3.05, 3.63) is 23.8 Å². The third-order valence-corrected chi connectivity index (χ3v) is 4.65. The van der Waals surface area contributed by atoms with Crippen LogP contribution >= 0.6 is 0 Å². The Morgan fingerprint density at radius 3 is 2.86 bits per heavy atom. The van der Waals surface area contributed by atoms with Gasteiger partial charge < -0.3 is 15.0 Å². The van der Waals surface area contributed by atoms with Gasteiger partial charge >= 0.3 is 0 Å². The highest BCUT2D eigenvalue weighted by molar-refractivity contribution is 5.61. The zero-order valence-corrected chi connectivity index (χ0v) is 13.4. The van der Waals surface area contributed by atoms with Gasteiger partial charge in [0.25, 0.3) is 0 Å². The molecular weight excluding hydrogens is 260 g/mol. The van der Waals surface area contributed by atoms with Crippen LogP contribution < -0.4 is 15.0 Å². The van der Waals surface area contributed by atoms with E-state index in [4.69, 9.17) is 4.74 Å². The molecule has 1 atom stereocenters. The van der Waals surface area contributed by atoms with Crippen LogP contribution in [0.15, 0.2) is 18.2 Å². The van der Waals surface area contributed by atoms with Gasteiger partial charge in [0.1, 0.15) is 11.9 Å². The van der Waals surface area contributed by atoms with Crippen molar-refractivity contribution in [2.75, 3.05) is 31.1 Å². The van der Waals surface area contributed by atoms with Crippen molar-refractivity contribution in [2.24, 2.45) is 5.92 Å². The van der Waals surface area contributed by atoms with Gasteiger partial charge in [0.05, 0.1) is 12.2 Å². The van der Waals surface area contributed by atoms with Crippen LogP contribution in [0, 0.1) is 5.92 Å². The molecule has 0 amide bonds. The standard InChI is InChI=1S/C18H28N2O/c1-3-10-20-13-14(2)21-18-5-4-16(12-17(18)20)11-15-6-8-19-9-7-15/h4-5,12,14-15,19H,3,6-11,13H2,1-2H3. The molecule has 0 saturated carbocycles. The summed E-state index contributed by atoms with van der Waals surface area (Å²) < 4.78 is 6.00. The molecule has 0 radical (unpaired) electrons. The molecule has 1 aromatic rings. The molecule has 1 N–H and O–H groups in total. The third-order valence-electron chi connectivity index (χ3n) is 4.65. The first kappa shape index (κ1) is 14.7. The first-order valence-corrected chi connectivity index (χ1v) is 8.51. The predicted molar refractivity (Wildman–Crippen MR) is 88.3 cm³/mol. The summed E-state index contributed by atoms with van der Waals surface area (Å²) in [5.41, 5.74) is 2.78. The highest BCUT2D eigenvalue weighted by Crippen LogP contribution is 2.35. The lowest BCUT2D eigenvalue weighted by Gasteiger charge is -2.35. The van der Waals surface area contributed by atoms with E-state index in [0.29, 0.717) is 6.10 Å². The lowest BCUT2D eigenvalue weighted by molar-refractivity contribution is 0.212. The summed E-state index contributed by atoms with van der Waals surface area (Å²) in [6.07, 6.45) is 5.31. The van der Waals surface area contributed by atoms with E-state index in [1.54, 1.807) is 0 Å². The Balaban J connectivity index is 1.76. The number of hydrogen-bond donors (Lipinski definition) is 1. The molecule has 2 aliphatic heterocycles. The van der Waals surface area contributed by atoms with E-state index in [-0.39, 0.29) is 0 Å². The quantitative estimate of drug-likeness (QED) is 0.920. The molecule has 0 aliphatic carbocycles. The highest BCUT2D eigenvalue weighted by atomic mass is 16.5. The number of benzene rings is 1. The molecule has 0 bridgehead atoms. The highest BCUT2D eigenvalue weighted by Gasteiger charge is 2.23. The third kappa shape index (κ3) is 3.52. The number of anilines is 1. The predicted octanol–water partition coefficient (Wildman–Crippen LogP) is 3.23. The Kier molecular flexibility index (Phi) is 4.69. The first-order chi connectivity index (χ1) is 10.3. The Labute approximate surface area is 128 Å². The average molecular weight is 288 g/mol. The number of rotatable bonds is 4. The van der Waals surface area contributed by atoms with Crippen molar-refractivity contribution in [1.29, 1.82) is 0 Å². The fourth-order valence-corrected chi connectivity index (χ4v) is 3.60. The zero-order chi connectivity index (χ0) is 14.7. The summed E-state index contributed by atoms with van der Waals surface area (Å²) in [5, 5.41) is 3.45. The number of nitrogens with zero attached hydrogens (tertiary/aromatic N) is 1. The monoisotopic (exact) mass is 288 g/mol. The minimum atomic E-state index is 0.291. The van der Waals surface area contributed by atoms with Crippen LogP contribution in [-0.2, 0) is 6.42 Å². The Morgan fingerprint density at radius 2 is 2.10 bits per heavy atom. The second kappa shape index (κ2) is 6.69. The lowest BCUT2D eigenvalue weighted by atomic mass is 9.90. The number of ether oxygens (including phenoxy) is 1. The Morgan fingerprint density at radius 1 is 1.29 bits per heavy atom. The number of nitrogens with one attached hydrogen (secondary N) is 1. The van der Waals surface area contributed by atoms with E-state index in [0.717, 1.165) is 24.8 Å². The van der Waals surface area contributed by atoms with Crippen LogP contribution in [0.2, 0.25) is 0 Å². The molecule has 2 heterocycles. The SMILES string of the molecule is CCCN1CC(C)Oc2ccc(CC3CCNCC3)cc21. The Hall–Kier alpha value is -1.22. The van der Waals surface area contributed by atoms with E-state index >= 15 is 0 Å². The van der Waals surface area contributed by atoms with Crippen LogP contribution in [0.5, 0.6) is 5.75 Å². The summed E-state index contributed by atoms with van der Waals surface area (Å²) in [5.74, 6) is 1.91. The average Bonchev–Trinajstić information content (AvgIpc) is 2.49. The minimum Gasteiger partial charge on any atom is -0.487 e. The summed E-state index contributed by atoms with van der Waals surface area (Å²) in [6, 6.07) is 6.83. The topological polar surface area (TPSA) is 24.5 Å². The fourth-order valence-electron chi connectivity index (χ4n) is 3.60. The zero-order valence-electron chi connectivity index (χ0n) is 13.4. The number of fused-ring (bicyclic) bond motifs is 1. The van der Waals surface area contributed by atoms with Crippen molar-refractivity contribution in [1.82, 2.24) is 5.32 Å². The van der Waals surface area contributed by atoms with Crippen molar-refractivity contribution >= 4 is 5.69 Å². The van der Waals surface area contributed by atoms with Crippen molar-refractivity contribution in [3.63, 3.8) is 0 Å². The maximum atomic E-state index is 6.00. The summed E-state index contributed by atoms with van der Waals surface area (Å²) in [6.45, 7) is 8.90. The molecule has 3 nitrogen and oxygen atoms in total. The summed E-state index contributed by atoms with van der Waals surface area (Å²) in [4.78, 5) is 2.50. The van der Waals surface area contributed by atoms with Crippen molar-refractivity contribution < 1.29 is 4.74 Å². The number of piperidine rings is 1. The maximum absolute atomic E-state index is 6.00. The van der Waals surface area contributed by atoms with Gasteiger partial charge in [-0.25, -0.2) is 0 Å². The molecule has 2 aliphatic rings. The molecular formula is C18H28N2O. The largest absolute Gasteiger partial charge is 0.487 e. The van der Waals surface area contributed by atoms with Crippen LogP contribution in [0.1, 0.15) is 38.7 Å². The van der Waals surface area contributed by atoms with Gasteiger partial charge in [-0.2, -0.15) is 0 Å². The van der Waals surface area contributed by atoms with Crippen molar-refractivity contribution in [2.45, 2.75) is 45.6 Å². The summed E-state index contributed by atoms with van der Waals surface area (Å²) >= 11 is 0. The van der Waals surface area contributed by atoms with Gasteiger partial charge in [-0.1, -0.05) is 13.0 Å². The Bertz CT molecular complexity index is 468. The van der Waals surface area contributed by atoms with E-state index in [9.17, 15) is 0 Å². The molecule has 1 unspecified atom stereocenters. The molecule has 21 heavy (non-hydrogen) atoms. The molecule has 3 heteroatoms.